The maximum absolute atomic E-state index is 13.2. The first-order valence-corrected chi connectivity index (χ1v) is 11.5. The third kappa shape index (κ3) is 4.69. The molecule has 0 aliphatic heterocycles. The van der Waals surface area contributed by atoms with Crippen LogP contribution < -0.4 is 10.9 Å². The van der Waals surface area contributed by atoms with Gasteiger partial charge in [0.15, 0.2) is 6.73 Å². The Kier molecular flexibility index (Phi) is 6.46. The van der Waals surface area contributed by atoms with Crippen LogP contribution in [0.25, 0.3) is 21.8 Å². The second-order valence-electron chi connectivity index (χ2n) is 8.07. The van der Waals surface area contributed by atoms with E-state index in [0.717, 1.165) is 21.1 Å². The second kappa shape index (κ2) is 10.0. The number of nitrogens with zero attached hydrogens (tertiary/aromatic N) is 3. The number of hydrogen-bond acceptors (Lipinski definition) is 6. The molecule has 1 atom stereocenters. The molecule has 0 saturated heterocycles. The molecule has 0 fully saturated rings. The quantitative estimate of drug-likeness (QED) is 0.330. The highest BCUT2D eigenvalue weighted by atomic mass is 35.5. The SMILES string of the molecule is O=C(NC(Cc1c[nH]c2ccccc12)C(=O)OCn1nnc2ccccc2c1=O)c1ccccc1Cl. The standard InChI is InChI=1S/C26H20ClN5O4/c27-20-10-4-1-8-18(20)24(33)29-23(13-16-14-28-21-11-5-2-7-17(16)21)26(35)36-15-32-25(34)19-9-3-6-12-22(19)30-31-32/h1-12,14,23,28H,13,15H2,(H,29,33). The van der Waals surface area contributed by atoms with Crippen LogP contribution in [0.4, 0.5) is 0 Å². The van der Waals surface area contributed by atoms with Crippen molar-refractivity contribution in [3.05, 3.63) is 105 Å². The molecular formula is C26H20ClN5O4. The molecule has 0 aliphatic rings. The highest BCUT2D eigenvalue weighted by molar-refractivity contribution is 6.33. The van der Waals surface area contributed by atoms with Crippen molar-refractivity contribution in [3.8, 4) is 0 Å². The van der Waals surface area contributed by atoms with Crippen molar-refractivity contribution in [1.29, 1.82) is 0 Å². The molecule has 2 N–H and O–H groups in total. The zero-order valence-corrected chi connectivity index (χ0v) is 19.6. The first-order chi connectivity index (χ1) is 17.5. The molecular weight excluding hydrogens is 482 g/mol. The van der Waals surface area contributed by atoms with Gasteiger partial charge in [0, 0.05) is 23.5 Å². The number of H-pyrrole nitrogens is 1. The lowest BCUT2D eigenvalue weighted by atomic mass is 10.0. The van der Waals surface area contributed by atoms with Crippen LogP contribution in [0.1, 0.15) is 15.9 Å². The van der Waals surface area contributed by atoms with E-state index in [1.807, 2.05) is 24.3 Å². The van der Waals surface area contributed by atoms with Gasteiger partial charge in [0.1, 0.15) is 11.6 Å². The maximum Gasteiger partial charge on any atom is 0.330 e. The molecule has 0 radical (unpaired) electrons. The van der Waals surface area contributed by atoms with Gasteiger partial charge in [0.25, 0.3) is 11.5 Å². The highest BCUT2D eigenvalue weighted by Crippen LogP contribution is 2.20. The van der Waals surface area contributed by atoms with Crippen molar-refractivity contribution in [2.45, 2.75) is 19.2 Å². The molecule has 10 heteroatoms. The smallest absolute Gasteiger partial charge is 0.330 e. The van der Waals surface area contributed by atoms with Gasteiger partial charge in [-0.1, -0.05) is 59.3 Å². The van der Waals surface area contributed by atoms with Crippen LogP contribution in [0.15, 0.2) is 83.8 Å². The Morgan fingerprint density at radius 1 is 1.00 bits per heavy atom. The zero-order valence-electron chi connectivity index (χ0n) is 18.8. The molecule has 36 heavy (non-hydrogen) atoms. The number of aromatic amines is 1. The number of amides is 1. The van der Waals surface area contributed by atoms with Crippen LogP contribution in [0.3, 0.4) is 0 Å². The Bertz CT molecular complexity index is 1640. The number of benzene rings is 3. The van der Waals surface area contributed by atoms with E-state index in [0.29, 0.717) is 10.9 Å². The minimum atomic E-state index is -1.06. The van der Waals surface area contributed by atoms with Crippen molar-refractivity contribution in [1.82, 2.24) is 25.3 Å². The van der Waals surface area contributed by atoms with Gasteiger partial charge in [0.2, 0.25) is 0 Å². The van der Waals surface area contributed by atoms with Crippen LogP contribution in [-0.4, -0.2) is 37.9 Å². The van der Waals surface area contributed by atoms with E-state index in [-0.39, 0.29) is 17.0 Å². The van der Waals surface area contributed by atoms with Crippen LogP contribution in [0.2, 0.25) is 5.02 Å². The van der Waals surface area contributed by atoms with Crippen molar-refractivity contribution in [2.24, 2.45) is 0 Å². The fourth-order valence-corrected chi connectivity index (χ4v) is 4.15. The predicted octanol–water partition coefficient (Wildman–Crippen LogP) is 3.47. The fraction of sp³-hybridized carbons (Fsp3) is 0.115. The molecule has 0 spiro atoms. The Hall–Kier alpha value is -4.50. The summed E-state index contributed by atoms with van der Waals surface area (Å²) in [6.07, 6.45) is 1.93. The maximum atomic E-state index is 13.2. The minimum Gasteiger partial charge on any atom is -0.441 e. The number of para-hydroxylation sites is 1. The second-order valence-corrected chi connectivity index (χ2v) is 8.48. The lowest BCUT2D eigenvalue weighted by Gasteiger charge is -2.18. The largest absolute Gasteiger partial charge is 0.441 e. The van der Waals surface area contributed by atoms with Gasteiger partial charge in [-0.25, -0.2) is 4.79 Å². The number of nitrogens with one attached hydrogen (secondary N) is 2. The molecule has 180 valence electrons. The number of carbonyl (C=O) groups is 2. The number of ether oxygens (including phenoxy) is 1. The van der Waals surface area contributed by atoms with Gasteiger partial charge in [-0.2, -0.15) is 4.68 Å². The molecule has 2 aromatic heterocycles. The zero-order chi connectivity index (χ0) is 25.1. The number of halogens is 1. The topological polar surface area (TPSA) is 119 Å². The monoisotopic (exact) mass is 501 g/mol. The third-order valence-corrected chi connectivity index (χ3v) is 6.10. The van der Waals surface area contributed by atoms with Crippen molar-refractivity contribution in [3.63, 3.8) is 0 Å². The first kappa shape index (κ1) is 23.3. The average Bonchev–Trinajstić information content (AvgIpc) is 3.31. The van der Waals surface area contributed by atoms with Crippen LogP contribution in [-0.2, 0) is 22.7 Å². The summed E-state index contributed by atoms with van der Waals surface area (Å²) in [5.74, 6) is -1.26. The van der Waals surface area contributed by atoms with Gasteiger partial charge in [-0.05, 0) is 35.9 Å². The summed E-state index contributed by atoms with van der Waals surface area (Å²) < 4.78 is 6.37. The molecule has 5 rings (SSSR count). The Morgan fingerprint density at radius 2 is 1.72 bits per heavy atom. The first-order valence-electron chi connectivity index (χ1n) is 11.1. The lowest BCUT2D eigenvalue weighted by molar-refractivity contribution is -0.150. The van der Waals surface area contributed by atoms with E-state index in [1.54, 1.807) is 54.7 Å². The summed E-state index contributed by atoms with van der Waals surface area (Å²) in [5, 5.41) is 12.1. The van der Waals surface area contributed by atoms with Crippen LogP contribution >= 0.6 is 11.6 Å². The van der Waals surface area contributed by atoms with Crippen molar-refractivity contribution < 1.29 is 14.3 Å². The molecule has 0 saturated carbocycles. The van der Waals surface area contributed by atoms with E-state index in [2.05, 4.69) is 20.6 Å². The summed E-state index contributed by atoms with van der Waals surface area (Å²) in [4.78, 5) is 42.0. The van der Waals surface area contributed by atoms with Gasteiger partial charge in [-0.15, -0.1) is 5.10 Å². The molecule has 0 bridgehead atoms. The number of carbonyl (C=O) groups excluding carboxylic acids is 2. The predicted molar refractivity (Wildman–Crippen MR) is 135 cm³/mol. The van der Waals surface area contributed by atoms with E-state index >= 15 is 0 Å². The Balaban J connectivity index is 1.39. The molecule has 1 amide bonds. The highest BCUT2D eigenvalue weighted by Gasteiger charge is 2.26. The van der Waals surface area contributed by atoms with Gasteiger partial charge in [0.05, 0.1) is 16.0 Å². The fourth-order valence-electron chi connectivity index (χ4n) is 3.93. The molecule has 0 aliphatic carbocycles. The number of aromatic nitrogens is 4. The lowest BCUT2D eigenvalue weighted by Crippen LogP contribution is -2.44. The van der Waals surface area contributed by atoms with Crippen LogP contribution in [0, 0.1) is 0 Å². The van der Waals surface area contributed by atoms with Crippen molar-refractivity contribution >= 4 is 45.3 Å². The molecule has 1 unspecified atom stereocenters. The van der Waals surface area contributed by atoms with E-state index in [9.17, 15) is 14.4 Å². The van der Waals surface area contributed by atoms with Crippen molar-refractivity contribution in [2.75, 3.05) is 0 Å². The molecule has 5 aromatic rings. The van der Waals surface area contributed by atoms with E-state index < -0.39 is 30.2 Å². The summed E-state index contributed by atoms with van der Waals surface area (Å²) in [7, 11) is 0. The Morgan fingerprint density at radius 3 is 2.56 bits per heavy atom. The van der Waals surface area contributed by atoms with Gasteiger partial charge in [-0.3, -0.25) is 9.59 Å². The van der Waals surface area contributed by atoms with Crippen LogP contribution in [0.5, 0.6) is 0 Å². The minimum absolute atomic E-state index is 0.150. The van der Waals surface area contributed by atoms with E-state index in [4.69, 9.17) is 16.3 Å². The number of rotatable bonds is 7. The number of hydrogen-bond donors (Lipinski definition) is 2. The summed E-state index contributed by atoms with van der Waals surface area (Å²) in [6.45, 7) is -0.456. The van der Waals surface area contributed by atoms with Gasteiger partial charge >= 0.3 is 5.97 Å². The number of esters is 1. The third-order valence-electron chi connectivity index (χ3n) is 5.77. The normalized spacial score (nSPS) is 11.9. The average molecular weight is 502 g/mol. The van der Waals surface area contributed by atoms with E-state index in [1.165, 1.54) is 0 Å². The molecule has 2 heterocycles. The molecule has 9 nitrogen and oxygen atoms in total. The summed E-state index contributed by atoms with van der Waals surface area (Å²) in [6, 6.07) is 19.9. The molecule has 3 aromatic carbocycles. The summed E-state index contributed by atoms with van der Waals surface area (Å²) in [5.41, 5.74) is 1.94. The Labute approximate surface area is 209 Å². The number of fused-ring (bicyclic) bond motifs is 2. The summed E-state index contributed by atoms with van der Waals surface area (Å²) >= 11 is 6.17. The van der Waals surface area contributed by atoms with Gasteiger partial charge < -0.3 is 15.0 Å².